The molecule has 0 spiro atoms. The van der Waals surface area contributed by atoms with Gasteiger partial charge in [-0.3, -0.25) is 4.79 Å². The van der Waals surface area contributed by atoms with Gasteiger partial charge in [0, 0.05) is 37.3 Å². The number of hydrogen-bond acceptors (Lipinski definition) is 1. The molecular weight excluding hydrogens is 164 g/mol. The van der Waals surface area contributed by atoms with Gasteiger partial charge in [-0.05, 0) is 12.1 Å². The minimum absolute atomic E-state index is 0.0185. The molecule has 0 bridgehead atoms. The van der Waals surface area contributed by atoms with E-state index in [9.17, 15) is 4.79 Å². The number of rotatable bonds is 1. The number of nitrogens with zero attached hydrogens (tertiary/aromatic N) is 1. The molecule has 1 fully saturated rings. The highest BCUT2D eigenvalue weighted by molar-refractivity contribution is 5.80. The van der Waals surface area contributed by atoms with Crippen LogP contribution in [0.5, 0.6) is 0 Å². The average Bonchev–Trinajstić information content (AvgIpc) is 2.59. The van der Waals surface area contributed by atoms with E-state index in [4.69, 9.17) is 0 Å². The lowest BCUT2D eigenvalue weighted by Crippen LogP contribution is -2.27. The topological polar surface area (TPSA) is 34.0 Å². The van der Waals surface area contributed by atoms with Crippen molar-refractivity contribution in [3.05, 3.63) is 24.0 Å². The first-order chi connectivity index (χ1) is 6.12. The maximum absolute atomic E-state index is 11.1. The Bertz CT molecular complexity index is 342. The van der Waals surface area contributed by atoms with Gasteiger partial charge in [-0.1, -0.05) is 6.92 Å². The Balaban J connectivity index is 2.35. The van der Waals surface area contributed by atoms with Crippen LogP contribution in [-0.2, 0) is 17.3 Å². The van der Waals surface area contributed by atoms with Crippen LogP contribution in [0, 0.1) is 0 Å². The van der Waals surface area contributed by atoms with Gasteiger partial charge in [0.2, 0.25) is 5.91 Å². The Morgan fingerprint density at radius 2 is 2.38 bits per heavy atom. The third kappa shape index (κ3) is 1.24. The van der Waals surface area contributed by atoms with Crippen LogP contribution < -0.4 is 5.32 Å². The molecule has 1 aromatic heterocycles. The first kappa shape index (κ1) is 8.35. The van der Waals surface area contributed by atoms with Gasteiger partial charge in [0.1, 0.15) is 0 Å². The van der Waals surface area contributed by atoms with Crippen molar-refractivity contribution in [2.75, 3.05) is 6.54 Å². The van der Waals surface area contributed by atoms with E-state index in [2.05, 4.69) is 22.9 Å². The van der Waals surface area contributed by atoms with Crippen molar-refractivity contribution < 1.29 is 4.79 Å². The quantitative estimate of drug-likeness (QED) is 0.678. The van der Waals surface area contributed by atoms with Gasteiger partial charge in [-0.15, -0.1) is 0 Å². The van der Waals surface area contributed by atoms with E-state index in [1.165, 1.54) is 5.69 Å². The van der Waals surface area contributed by atoms with E-state index in [0.717, 1.165) is 6.54 Å². The highest BCUT2D eigenvalue weighted by Gasteiger charge is 2.36. The van der Waals surface area contributed by atoms with Crippen LogP contribution in [0.4, 0.5) is 0 Å². The summed E-state index contributed by atoms with van der Waals surface area (Å²) in [6, 6.07) is 4.10. The summed E-state index contributed by atoms with van der Waals surface area (Å²) in [5.41, 5.74) is 1.21. The van der Waals surface area contributed by atoms with Crippen LogP contribution in [0.2, 0.25) is 0 Å². The molecule has 1 saturated heterocycles. The predicted molar refractivity (Wildman–Crippen MR) is 50.4 cm³/mol. The Hall–Kier alpha value is -1.25. The summed E-state index contributed by atoms with van der Waals surface area (Å²) in [5, 5.41) is 2.87. The fourth-order valence-electron chi connectivity index (χ4n) is 2.04. The maximum Gasteiger partial charge on any atom is 0.221 e. The highest BCUT2D eigenvalue weighted by atomic mass is 16.1. The molecule has 1 aliphatic heterocycles. The van der Waals surface area contributed by atoms with Crippen LogP contribution in [0.25, 0.3) is 0 Å². The van der Waals surface area contributed by atoms with E-state index in [1.54, 1.807) is 0 Å². The normalized spacial score (nSPS) is 27.7. The van der Waals surface area contributed by atoms with E-state index < -0.39 is 0 Å². The lowest BCUT2D eigenvalue weighted by molar-refractivity contribution is -0.119. The van der Waals surface area contributed by atoms with Gasteiger partial charge in [-0.2, -0.15) is 0 Å². The fourth-order valence-corrected chi connectivity index (χ4v) is 2.04. The summed E-state index contributed by atoms with van der Waals surface area (Å²) in [5.74, 6) is 0.156. The van der Waals surface area contributed by atoms with Crippen LogP contribution in [0.1, 0.15) is 19.0 Å². The number of aromatic nitrogens is 1. The summed E-state index contributed by atoms with van der Waals surface area (Å²) in [6.07, 6.45) is 2.62. The fraction of sp³-hybridized carbons (Fsp3) is 0.500. The molecule has 1 atom stereocenters. The van der Waals surface area contributed by atoms with Crippen molar-refractivity contribution in [2.45, 2.75) is 18.8 Å². The van der Waals surface area contributed by atoms with Gasteiger partial charge in [-0.25, -0.2) is 0 Å². The Kier molecular flexibility index (Phi) is 1.68. The van der Waals surface area contributed by atoms with Crippen molar-refractivity contribution in [3.63, 3.8) is 0 Å². The van der Waals surface area contributed by atoms with Crippen molar-refractivity contribution in [2.24, 2.45) is 7.05 Å². The van der Waals surface area contributed by atoms with Crippen LogP contribution in [0.15, 0.2) is 18.3 Å². The number of aryl methyl sites for hydroxylation is 1. The zero-order chi connectivity index (χ0) is 9.47. The molecule has 0 aliphatic carbocycles. The standard InChI is InChI=1S/C10H14N2O/c1-10(6-9(13)11-7-10)8-4-3-5-12(8)2/h3-5H,6-7H2,1-2H3,(H,11,13). The molecule has 1 amide bonds. The highest BCUT2D eigenvalue weighted by Crippen LogP contribution is 2.30. The summed E-state index contributed by atoms with van der Waals surface area (Å²) in [4.78, 5) is 11.1. The second kappa shape index (κ2) is 2.62. The zero-order valence-corrected chi connectivity index (χ0v) is 8.00. The number of amides is 1. The van der Waals surface area contributed by atoms with Gasteiger partial charge in [0.05, 0.1) is 0 Å². The second-order valence-corrected chi connectivity index (χ2v) is 4.02. The van der Waals surface area contributed by atoms with E-state index in [1.807, 2.05) is 19.3 Å². The molecule has 0 radical (unpaired) electrons. The van der Waals surface area contributed by atoms with Gasteiger partial charge in [0.15, 0.2) is 0 Å². The molecule has 0 aromatic carbocycles. The molecule has 0 saturated carbocycles. The molecule has 70 valence electrons. The largest absolute Gasteiger partial charge is 0.355 e. The molecule has 1 unspecified atom stereocenters. The van der Waals surface area contributed by atoms with E-state index in [0.29, 0.717) is 6.42 Å². The van der Waals surface area contributed by atoms with Crippen molar-refractivity contribution >= 4 is 5.91 Å². The maximum atomic E-state index is 11.1. The van der Waals surface area contributed by atoms with Crippen LogP contribution in [0.3, 0.4) is 0 Å². The SMILES string of the molecule is Cn1cccc1C1(C)CNC(=O)C1. The average molecular weight is 178 g/mol. The Morgan fingerprint density at radius 1 is 1.62 bits per heavy atom. The lowest BCUT2D eigenvalue weighted by Gasteiger charge is -2.22. The molecule has 3 nitrogen and oxygen atoms in total. The summed E-state index contributed by atoms with van der Waals surface area (Å²) in [6.45, 7) is 2.88. The first-order valence-electron chi connectivity index (χ1n) is 4.50. The monoisotopic (exact) mass is 178 g/mol. The number of nitrogens with one attached hydrogen (secondary N) is 1. The Morgan fingerprint density at radius 3 is 2.85 bits per heavy atom. The summed E-state index contributed by atoms with van der Waals surface area (Å²) >= 11 is 0. The van der Waals surface area contributed by atoms with E-state index >= 15 is 0 Å². The third-order valence-corrected chi connectivity index (χ3v) is 2.79. The molecule has 2 heterocycles. The predicted octanol–water partition coefficient (Wildman–Crippen LogP) is 0.803. The smallest absolute Gasteiger partial charge is 0.221 e. The van der Waals surface area contributed by atoms with Crippen molar-refractivity contribution in [1.82, 2.24) is 9.88 Å². The molecule has 3 heteroatoms. The number of carbonyl (C=O) groups is 1. The number of hydrogen-bond donors (Lipinski definition) is 1. The zero-order valence-electron chi connectivity index (χ0n) is 8.00. The number of carbonyl (C=O) groups excluding carboxylic acids is 1. The summed E-state index contributed by atoms with van der Waals surface area (Å²) in [7, 11) is 2.02. The third-order valence-electron chi connectivity index (χ3n) is 2.79. The van der Waals surface area contributed by atoms with E-state index in [-0.39, 0.29) is 11.3 Å². The molecule has 2 rings (SSSR count). The van der Waals surface area contributed by atoms with Crippen molar-refractivity contribution in [1.29, 1.82) is 0 Å². The lowest BCUT2D eigenvalue weighted by atomic mass is 9.86. The molecule has 1 aromatic rings. The van der Waals surface area contributed by atoms with Crippen molar-refractivity contribution in [3.8, 4) is 0 Å². The Labute approximate surface area is 77.7 Å². The molecule has 1 aliphatic rings. The van der Waals surface area contributed by atoms with Crippen LogP contribution in [-0.4, -0.2) is 17.0 Å². The molecule has 1 N–H and O–H groups in total. The second-order valence-electron chi connectivity index (χ2n) is 4.02. The molecule has 13 heavy (non-hydrogen) atoms. The molecular formula is C10H14N2O. The minimum Gasteiger partial charge on any atom is -0.355 e. The van der Waals surface area contributed by atoms with Gasteiger partial charge < -0.3 is 9.88 Å². The minimum atomic E-state index is -0.0185. The first-order valence-corrected chi connectivity index (χ1v) is 4.50. The van der Waals surface area contributed by atoms with Gasteiger partial charge in [0.25, 0.3) is 0 Å². The summed E-state index contributed by atoms with van der Waals surface area (Å²) < 4.78 is 2.08. The van der Waals surface area contributed by atoms with Crippen LogP contribution >= 0.6 is 0 Å². The van der Waals surface area contributed by atoms with Gasteiger partial charge >= 0.3 is 0 Å².